The summed E-state index contributed by atoms with van der Waals surface area (Å²) in [5.74, 6) is 0. The molecule has 0 radical (unpaired) electrons. The average molecular weight is 352 g/mol. The van der Waals surface area contributed by atoms with Crippen LogP contribution in [0.1, 0.15) is 33.4 Å². The lowest BCUT2D eigenvalue weighted by molar-refractivity contribution is 1.23. The molecule has 0 saturated carbocycles. The van der Waals surface area contributed by atoms with Crippen LogP contribution in [0.2, 0.25) is 0 Å². The molecule has 2 nitrogen and oxygen atoms in total. The summed E-state index contributed by atoms with van der Waals surface area (Å²) >= 11 is 0. The highest BCUT2D eigenvalue weighted by Gasteiger charge is 2.11. The predicted molar refractivity (Wildman–Crippen MR) is 118 cm³/mol. The van der Waals surface area contributed by atoms with Gasteiger partial charge in [-0.05, 0) is 73.2 Å². The van der Waals surface area contributed by atoms with E-state index in [0.717, 1.165) is 16.7 Å². The van der Waals surface area contributed by atoms with Crippen LogP contribution in [0.3, 0.4) is 0 Å². The summed E-state index contributed by atoms with van der Waals surface area (Å²) in [7, 11) is 0. The molecule has 4 aromatic rings. The number of hydrogen-bond acceptors (Lipinski definition) is 2. The highest BCUT2D eigenvalue weighted by molar-refractivity contribution is 6.04. The number of benzene rings is 3. The molecule has 0 fully saturated rings. The number of nitrogens with zero attached hydrogens (tertiary/aromatic N) is 1. The van der Waals surface area contributed by atoms with Gasteiger partial charge in [0.05, 0.1) is 11.0 Å². The summed E-state index contributed by atoms with van der Waals surface area (Å²) < 4.78 is 0. The summed E-state index contributed by atoms with van der Waals surface area (Å²) in [4.78, 5) is 4.82. The lowest BCUT2D eigenvalue weighted by atomic mass is 9.91. The topological polar surface area (TPSA) is 38.9 Å². The van der Waals surface area contributed by atoms with Gasteiger partial charge in [-0.15, -0.1) is 0 Å². The Morgan fingerprint density at radius 2 is 1.07 bits per heavy atom. The molecule has 1 aromatic heterocycles. The third kappa shape index (κ3) is 2.78. The van der Waals surface area contributed by atoms with Gasteiger partial charge < -0.3 is 5.73 Å². The number of pyridine rings is 1. The maximum Gasteiger partial charge on any atom is 0.0715 e. The fraction of sp³-hybridized carbons (Fsp3) is 0.160. The molecule has 2 heteroatoms. The van der Waals surface area contributed by atoms with Crippen LogP contribution in [0.5, 0.6) is 0 Å². The van der Waals surface area contributed by atoms with Gasteiger partial charge in [0, 0.05) is 16.5 Å². The quantitative estimate of drug-likeness (QED) is 0.336. The first-order chi connectivity index (χ1) is 13.0. The van der Waals surface area contributed by atoms with E-state index in [1.807, 2.05) is 12.1 Å². The van der Waals surface area contributed by atoms with E-state index in [1.54, 1.807) is 0 Å². The zero-order valence-corrected chi connectivity index (χ0v) is 16.3. The number of nitrogen functional groups attached to an aromatic ring is 1. The van der Waals surface area contributed by atoms with Crippen molar-refractivity contribution in [2.75, 3.05) is 5.73 Å². The van der Waals surface area contributed by atoms with Crippen LogP contribution in [-0.4, -0.2) is 4.98 Å². The van der Waals surface area contributed by atoms with Crippen molar-refractivity contribution in [3.05, 3.63) is 81.9 Å². The van der Waals surface area contributed by atoms with Gasteiger partial charge in [0.25, 0.3) is 0 Å². The Labute approximate surface area is 160 Å². The molecule has 3 aromatic carbocycles. The molecule has 0 atom stereocenters. The number of fused-ring (bicyclic) bond motifs is 2. The maximum atomic E-state index is 6.28. The minimum Gasteiger partial charge on any atom is -0.398 e. The Kier molecular flexibility index (Phi) is 4.19. The van der Waals surface area contributed by atoms with E-state index in [9.17, 15) is 0 Å². The second kappa shape index (κ2) is 6.55. The second-order valence-electron chi connectivity index (χ2n) is 7.22. The van der Waals surface area contributed by atoms with Crippen LogP contribution in [0.4, 0.5) is 5.69 Å². The van der Waals surface area contributed by atoms with Crippen molar-refractivity contribution in [1.82, 2.24) is 4.98 Å². The van der Waals surface area contributed by atoms with Crippen LogP contribution < -0.4 is 5.73 Å². The standard InChI is InChI=1S/C25H24N2/c1-15-17(3)25(26)18(4)16(2)19(15)13-14-20-21-9-5-7-11-23(21)27-24-12-8-6-10-22(20)24/h5-14H,26H2,1-4H3/b14-13-. The highest BCUT2D eigenvalue weighted by atomic mass is 14.7. The molecule has 2 N–H and O–H groups in total. The summed E-state index contributed by atoms with van der Waals surface area (Å²) in [6.07, 6.45) is 4.47. The molecule has 0 spiro atoms. The van der Waals surface area contributed by atoms with E-state index < -0.39 is 0 Å². The molecular formula is C25H24N2. The van der Waals surface area contributed by atoms with Crippen molar-refractivity contribution in [1.29, 1.82) is 0 Å². The van der Waals surface area contributed by atoms with Crippen LogP contribution in [0.25, 0.3) is 34.0 Å². The second-order valence-corrected chi connectivity index (χ2v) is 7.22. The molecule has 0 aliphatic heterocycles. The Morgan fingerprint density at radius 1 is 0.630 bits per heavy atom. The fourth-order valence-electron chi connectivity index (χ4n) is 3.84. The van der Waals surface area contributed by atoms with Crippen molar-refractivity contribution >= 4 is 39.6 Å². The van der Waals surface area contributed by atoms with Crippen molar-refractivity contribution in [3.8, 4) is 0 Å². The molecule has 0 aliphatic carbocycles. The minimum absolute atomic E-state index is 0.905. The van der Waals surface area contributed by atoms with Crippen molar-refractivity contribution in [3.63, 3.8) is 0 Å². The number of para-hydroxylation sites is 2. The van der Waals surface area contributed by atoms with E-state index in [4.69, 9.17) is 10.7 Å². The van der Waals surface area contributed by atoms with Crippen LogP contribution >= 0.6 is 0 Å². The van der Waals surface area contributed by atoms with E-state index in [-0.39, 0.29) is 0 Å². The van der Waals surface area contributed by atoms with Gasteiger partial charge in [0.2, 0.25) is 0 Å². The number of hydrogen-bond donors (Lipinski definition) is 1. The summed E-state index contributed by atoms with van der Waals surface area (Å²) in [6, 6.07) is 16.7. The number of anilines is 1. The normalized spacial score (nSPS) is 11.7. The van der Waals surface area contributed by atoms with Crippen molar-refractivity contribution in [2.45, 2.75) is 27.7 Å². The van der Waals surface area contributed by atoms with E-state index in [2.05, 4.69) is 76.2 Å². The Morgan fingerprint density at radius 3 is 1.59 bits per heavy atom. The zero-order valence-electron chi connectivity index (χ0n) is 16.3. The maximum absolute atomic E-state index is 6.28. The van der Waals surface area contributed by atoms with Crippen molar-refractivity contribution < 1.29 is 0 Å². The highest BCUT2D eigenvalue weighted by Crippen LogP contribution is 2.32. The van der Waals surface area contributed by atoms with Crippen molar-refractivity contribution in [2.24, 2.45) is 0 Å². The molecule has 0 bridgehead atoms. The third-order valence-electron chi connectivity index (χ3n) is 5.79. The first-order valence-electron chi connectivity index (χ1n) is 9.30. The van der Waals surface area contributed by atoms with E-state index >= 15 is 0 Å². The Bertz CT molecular complexity index is 1130. The number of rotatable bonds is 2. The molecule has 134 valence electrons. The summed E-state index contributed by atoms with van der Waals surface area (Å²) in [5.41, 5.74) is 16.5. The Balaban J connectivity index is 1.99. The lowest BCUT2D eigenvalue weighted by Gasteiger charge is -2.16. The molecule has 0 amide bonds. The van der Waals surface area contributed by atoms with Crippen LogP contribution in [-0.2, 0) is 0 Å². The molecule has 27 heavy (non-hydrogen) atoms. The molecular weight excluding hydrogens is 328 g/mol. The SMILES string of the molecule is Cc1c(C)c(/C=C\c2c3ccccc3nc3ccccc23)c(C)c(C)c1N. The van der Waals surface area contributed by atoms with E-state index in [0.29, 0.717) is 0 Å². The smallest absolute Gasteiger partial charge is 0.0715 e. The fourth-order valence-corrected chi connectivity index (χ4v) is 3.84. The summed E-state index contributed by atoms with van der Waals surface area (Å²) in [6.45, 7) is 8.51. The number of nitrogens with two attached hydrogens (primary N) is 1. The molecule has 0 saturated heterocycles. The molecule has 0 unspecified atom stereocenters. The monoisotopic (exact) mass is 352 g/mol. The van der Waals surface area contributed by atoms with Crippen LogP contribution in [0.15, 0.2) is 48.5 Å². The Hall–Kier alpha value is -3.13. The van der Waals surface area contributed by atoms with Gasteiger partial charge >= 0.3 is 0 Å². The molecule has 0 aliphatic rings. The van der Waals surface area contributed by atoms with Gasteiger partial charge in [0.15, 0.2) is 0 Å². The van der Waals surface area contributed by atoms with Crippen LogP contribution in [0, 0.1) is 27.7 Å². The number of aromatic nitrogens is 1. The van der Waals surface area contributed by atoms with Gasteiger partial charge in [0.1, 0.15) is 0 Å². The zero-order chi connectivity index (χ0) is 19.1. The first-order valence-corrected chi connectivity index (χ1v) is 9.30. The first kappa shape index (κ1) is 17.3. The summed E-state index contributed by atoms with van der Waals surface area (Å²) in [5, 5.41) is 2.35. The van der Waals surface area contributed by atoms with Gasteiger partial charge in [-0.25, -0.2) is 4.98 Å². The molecule has 1 heterocycles. The molecule has 4 rings (SSSR count). The van der Waals surface area contributed by atoms with E-state index in [1.165, 1.54) is 44.2 Å². The largest absolute Gasteiger partial charge is 0.398 e. The van der Waals surface area contributed by atoms with Gasteiger partial charge in [-0.2, -0.15) is 0 Å². The minimum atomic E-state index is 0.905. The third-order valence-corrected chi connectivity index (χ3v) is 5.79. The average Bonchev–Trinajstić information content (AvgIpc) is 2.70. The van der Waals surface area contributed by atoms with Gasteiger partial charge in [-0.3, -0.25) is 0 Å². The van der Waals surface area contributed by atoms with Gasteiger partial charge in [-0.1, -0.05) is 48.6 Å². The predicted octanol–water partition coefficient (Wildman–Crippen LogP) is 6.37. The lowest BCUT2D eigenvalue weighted by Crippen LogP contribution is -2.02.